The number of nitrogen functional groups attached to an aromatic ring is 1. The quantitative estimate of drug-likeness (QED) is 0.487. The zero-order chi connectivity index (χ0) is 19.8. The van der Waals surface area contributed by atoms with Crippen LogP contribution in [0.1, 0.15) is 30.0 Å². The van der Waals surface area contributed by atoms with Gasteiger partial charge in [-0.15, -0.1) is 0 Å². The predicted octanol–water partition coefficient (Wildman–Crippen LogP) is 4.53. The van der Waals surface area contributed by atoms with Gasteiger partial charge in [-0.25, -0.2) is 4.39 Å². The van der Waals surface area contributed by atoms with E-state index in [2.05, 4.69) is 25.5 Å². The number of anilines is 2. The third kappa shape index (κ3) is 3.05. The first kappa shape index (κ1) is 17.9. The first-order valence-corrected chi connectivity index (χ1v) is 9.03. The highest BCUT2D eigenvalue weighted by atomic mass is 19.1. The molecule has 1 aromatic carbocycles. The molecule has 0 saturated carbocycles. The van der Waals surface area contributed by atoms with Crippen molar-refractivity contribution in [1.82, 2.24) is 20.2 Å². The molecule has 1 atom stereocenters. The Kier molecular flexibility index (Phi) is 4.43. The Balaban J connectivity index is 1.82. The summed E-state index contributed by atoms with van der Waals surface area (Å²) in [4.78, 5) is 8.78. The monoisotopic (exact) mass is 376 g/mol. The second-order valence-electron chi connectivity index (χ2n) is 6.87. The van der Waals surface area contributed by atoms with Gasteiger partial charge in [-0.1, -0.05) is 6.07 Å². The third-order valence-corrected chi connectivity index (χ3v) is 4.88. The van der Waals surface area contributed by atoms with E-state index in [-0.39, 0.29) is 11.9 Å². The van der Waals surface area contributed by atoms with E-state index in [1.165, 1.54) is 6.07 Å². The van der Waals surface area contributed by atoms with Crippen LogP contribution in [0, 0.1) is 19.7 Å². The lowest BCUT2D eigenvalue weighted by Crippen LogP contribution is -2.10. The number of hydrogen-bond donors (Lipinski definition) is 3. The van der Waals surface area contributed by atoms with Crippen molar-refractivity contribution in [1.29, 1.82) is 0 Å². The Hall–Kier alpha value is -3.48. The summed E-state index contributed by atoms with van der Waals surface area (Å²) < 4.78 is 15.1. The predicted molar refractivity (Wildman–Crippen MR) is 109 cm³/mol. The molecule has 0 saturated heterocycles. The van der Waals surface area contributed by atoms with Crippen molar-refractivity contribution in [3.63, 3.8) is 0 Å². The van der Waals surface area contributed by atoms with Crippen molar-refractivity contribution in [2.75, 3.05) is 11.1 Å². The van der Waals surface area contributed by atoms with Crippen LogP contribution in [0.2, 0.25) is 0 Å². The highest BCUT2D eigenvalue weighted by Gasteiger charge is 2.18. The largest absolute Gasteiger partial charge is 0.396 e. The number of hydrogen-bond acceptors (Lipinski definition) is 5. The average molecular weight is 376 g/mol. The number of aromatic nitrogens is 4. The Morgan fingerprint density at radius 3 is 2.68 bits per heavy atom. The zero-order valence-corrected chi connectivity index (χ0v) is 15.9. The zero-order valence-electron chi connectivity index (χ0n) is 15.9. The number of fused-ring (bicyclic) bond motifs is 1. The van der Waals surface area contributed by atoms with Crippen molar-refractivity contribution in [3.8, 4) is 11.1 Å². The van der Waals surface area contributed by atoms with Gasteiger partial charge in [-0.3, -0.25) is 15.1 Å². The lowest BCUT2D eigenvalue weighted by atomic mass is 10.00. The van der Waals surface area contributed by atoms with Crippen molar-refractivity contribution < 1.29 is 4.39 Å². The standard InChI is InChI=1S/C21H21FN6/c1-11(18-6-4-5-7-24-18)26-21-15-8-16(22)14(9-19(15)25-10-17(21)23)20-12(2)27-28-13(20)3/h4-11H,23H2,1-3H3,(H,25,26)(H,27,28)/t11-/m1/s1. The lowest BCUT2D eigenvalue weighted by Gasteiger charge is -2.18. The summed E-state index contributed by atoms with van der Waals surface area (Å²) in [5.74, 6) is -0.346. The van der Waals surface area contributed by atoms with Gasteiger partial charge in [-0.05, 0) is 45.0 Å². The molecule has 28 heavy (non-hydrogen) atoms. The molecule has 6 nitrogen and oxygen atoms in total. The molecule has 0 aliphatic rings. The van der Waals surface area contributed by atoms with Gasteiger partial charge in [0.15, 0.2) is 0 Å². The second kappa shape index (κ2) is 6.92. The maximum Gasteiger partial charge on any atom is 0.131 e. The van der Waals surface area contributed by atoms with Gasteiger partial charge >= 0.3 is 0 Å². The summed E-state index contributed by atoms with van der Waals surface area (Å²) in [6, 6.07) is 8.84. The molecule has 4 aromatic rings. The fourth-order valence-electron chi connectivity index (χ4n) is 3.45. The van der Waals surface area contributed by atoms with Crippen LogP contribution in [-0.2, 0) is 0 Å². The number of aromatic amines is 1. The van der Waals surface area contributed by atoms with Gasteiger partial charge in [-0.2, -0.15) is 5.10 Å². The molecular weight excluding hydrogens is 355 g/mol. The molecule has 7 heteroatoms. The van der Waals surface area contributed by atoms with Crippen LogP contribution < -0.4 is 11.1 Å². The molecular formula is C21H21FN6. The molecule has 0 aliphatic heterocycles. The molecule has 3 aromatic heterocycles. The molecule has 142 valence electrons. The molecule has 4 rings (SSSR count). The van der Waals surface area contributed by atoms with Crippen LogP contribution in [-0.4, -0.2) is 20.2 Å². The number of rotatable bonds is 4. The molecule has 0 amide bonds. The number of nitrogens with zero attached hydrogens (tertiary/aromatic N) is 3. The summed E-state index contributed by atoms with van der Waals surface area (Å²) in [6.07, 6.45) is 3.33. The normalized spacial score (nSPS) is 12.3. The van der Waals surface area contributed by atoms with E-state index in [1.54, 1.807) is 18.5 Å². The molecule has 4 N–H and O–H groups in total. The highest BCUT2D eigenvalue weighted by Crippen LogP contribution is 2.36. The Labute approximate surface area is 162 Å². The SMILES string of the molecule is Cc1n[nH]c(C)c1-c1cc2ncc(N)c(N[C@H](C)c3ccccn3)c2cc1F. The molecule has 0 fully saturated rings. The smallest absolute Gasteiger partial charge is 0.131 e. The van der Waals surface area contributed by atoms with Gasteiger partial charge in [0.2, 0.25) is 0 Å². The molecule has 0 bridgehead atoms. The summed E-state index contributed by atoms with van der Waals surface area (Å²) in [5.41, 5.74) is 11.6. The maximum absolute atomic E-state index is 15.1. The van der Waals surface area contributed by atoms with Gasteiger partial charge in [0.1, 0.15) is 5.82 Å². The van der Waals surface area contributed by atoms with E-state index >= 15 is 4.39 Å². The van der Waals surface area contributed by atoms with E-state index < -0.39 is 0 Å². The van der Waals surface area contributed by atoms with Gasteiger partial charge < -0.3 is 11.1 Å². The third-order valence-electron chi connectivity index (χ3n) is 4.88. The van der Waals surface area contributed by atoms with Crippen molar-refractivity contribution >= 4 is 22.3 Å². The first-order valence-electron chi connectivity index (χ1n) is 9.03. The van der Waals surface area contributed by atoms with Gasteiger partial charge in [0.25, 0.3) is 0 Å². The molecule has 0 radical (unpaired) electrons. The minimum atomic E-state index is -0.346. The summed E-state index contributed by atoms with van der Waals surface area (Å²) in [7, 11) is 0. The summed E-state index contributed by atoms with van der Waals surface area (Å²) in [6.45, 7) is 5.70. The number of benzene rings is 1. The Morgan fingerprint density at radius 2 is 2.00 bits per heavy atom. The van der Waals surface area contributed by atoms with Crippen LogP contribution >= 0.6 is 0 Å². The summed E-state index contributed by atoms with van der Waals surface area (Å²) >= 11 is 0. The van der Waals surface area contributed by atoms with Crippen molar-refractivity contribution in [2.45, 2.75) is 26.8 Å². The van der Waals surface area contributed by atoms with Gasteiger partial charge in [0, 0.05) is 28.4 Å². The van der Waals surface area contributed by atoms with E-state index in [4.69, 9.17) is 5.73 Å². The minimum Gasteiger partial charge on any atom is -0.396 e. The molecule has 0 unspecified atom stereocenters. The van der Waals surface area contributed by atoms with Crippen molar-refractivity contribution in [2.24, 2.45) is 0 Å². The van der Waals surface area contributed by atoms with Crippen molar-refractivity contribution in [3.05, 3.63) is 65.6 Å². The number of nitrogens with one attached hydrogen (secondary N) is 2. The highest BCUT2D eigenvalue weighted by molar-refractivity contribution is 5.99. The number of nitrogens with two attached hydrogens (primary N) is 1. The lowest BCUT2D eigenvalue weighted by molar-refractivity contribution is 0.633. The maximum atomic E-state index is 15.1. The topological polar surface area (TPSA) is 92.5 Å². The van der Waals surface area contributed by atoms with Crippen LogP contribution in [0.5, 0.6) is 0 Å². The number of halogens is 1. The number of H-pyrrole nitrogens is 1. The van der Waals surface area contributed by atoms with E-state index in [1.807, 2.05) is 39.0 Å². The minimum absolute atomic E-state index is 0.102. The first-order chi connectivity index (χ1) is 13.5. The van der Waals surface area contributed by atoms with E-state index in [0.29, 0.717) is 27.8 Å². The fourth-order valence-corrected chi connectivity index (χ4v) is 3.45. The molecule has 0 spiro atoms. The average Bonchev–Trinajstić information content (AvgIpc) is 3.03. The number of pyridine rings is 2. The summed E-state index contributed by atoms with van der Waals surface area (Å²) in [5, 5.41) is 11.1. The molecule has 3 heterocycles. The van der Waals surface area contributed by atoms with E-state index in [9.17, 15) is 0 Å². The fraction of sp³-hybridized carbons (Fsp3) is 0.190. The number of aryl methyl sites for hydroxylation is 2. The Morgan fingerprint density at radius 1 is 1.18 bits per heavy atom. The second-order valence-corrected chi connectivity index (χ2v) is 6.87. The van der Waals surface area contributed by atoms with Crippen LogP contribution in [0.3, 0.4) is 0 Å². The molecule has 0 aliphatic carbocycles. The van der Waals surface area contributed by atoms with E-state index in [0.717, 1.165) is 22.6 Å². The van der Waals surface area contributed by atoms with Crippen LogP contribution in [0.4, 0.5) is 15.8 Å². The Bertz CT molecular complexity index is 1130. The van der Waals surface area contributed by atoms with Crippen LogP contribution in [0.15, 0.2) is 42.7 Å². The van der Waals surface area contributed by atoms with Crippen LogP contribution in [0.25, 0.3) is 22.0 Å². The van der Waals surface area contributed by atoms with Gasteiger partial charge in [0.05, 0.1) is 40.5 Å².